The predicted octanol–water partition coefficient (Wildman–Crippen LogP) is 5.08. The van der Waals surface area contributed by atoms with Crippen LogP contribution in [0.4, 0.5) is 8.78 Å². The second-order valence-electron chi connectivity index (χ2n) is 7.23. The zero-order chi connectivity index (χ0) is 16.5. The molecule has 1 unspecified atom stereocenters. The minimum absolute atomic E-state index is 0.502. The molecule has 3 heteroatoms. The smallest absolute Gasteiger partial charge is 0.249 e. The van der Waals surface area contributed by atoms with Crippen molar-refractivity contribution >= 4 is 0 Å². The lowest BCUT2D eigenvalue weighted by atomic mass is 9.85. The number of alkyl halides is 2. The van der Waals surface area contributed by atoms with E-state index in [1.165, 1.54) is 22.3 Å². The molecule has 0 aromatic heterocycles. The number of likely N-dealkylation sites (tertiary alicyclic amines) is 1. The van der Waals surface area contributed by atoms with Crippen LogP contribution in [0.25, 0.3) is 0 Å². The van der Waals surface area contributed by atoms with Gasteiger partial charge in [0.2, 0.25) is 5.92 Å². The van der Waals surface area contributed by atoms with E-state index in [4.69, 9.17) is 0 Å². The first-order valence-corrected chi connectivity index (χ1v) is 8.36. The highest BCUT2D eigenvalue weighted by molar-refractivity contribution is 5.38. The maximum Gasteiger partial charge on any atom is 0.249 e. The second kappa shape index (κ2) is 6.66. The molecule has 1 atom stereocenters. The molecule has 1 heterocycles. The Balaban J connectivity index is 1.97. The lowest BCUT2D eigenvalue weighted by Gasteiger charge is -2.35. The molecule has 0 spiro atoms. The van der Waals surface area contributed by atoms with E-state index in [0.717, 1.165) is 32.9 Å². The van der Waals surface area contributed by atoms with Crippen molar-refractivity contribution in [3.63, 3.8) is 0 Å². The maximum atomic E-state index is 13.3. The van der Waals surface area contributed by atoms with Gasteiger partial charge in [0.05, 0.1) is 0 Å². The number of hydrogen-bond acceptors (Lipinski definition) is 1. The first-order valence-electron chi connectivity index (χ1n) is 8.36. The van der Waals surface area contributed by atoms with E-state index in [1.807, 2.05) is 0 Å². The van der Waals surface area contributed by atoms with Crippen molar-refractivity contribution in [3.8, 4) is 0 Å². The van der Waals surface area contributed by atoms with Crippen LogP contribution in [-0.4, -0.2) is 30.5 Å². The second-order valence-corrected chi connectivity index (χ2v) is 7.23. The van der Waals surface area contributed by atoms with Crippen LogP contribution in [0.3, 0.4) is 0 Å². The normalized spacial score (nSPS) is 19.4. The largest absolute Gasteiger partial charge is 0.303 e. The minimum atomic E-state index is -2.58. The number of hydrogen-bond donors (Lipinski definition) is 0. The van der Waals surface area contributed by atoms with Crippen LogP contribution in [-0.2, 0) is 0 Å². The Hall–Kier alpha value is -0.960. The van der Waals surface area contributed by atoms with E-state index in [0.29, 0.717) is 12.5 Å². The van der Waals surface area contributed by atoms with E-state index in [2.05, 4.69) is 37.8 Å². The lowest BCUT2D eigenvalue weighted by Crippen LogP contribution is -2.40. The van der Waals surface area contributed by atoms with Crippen LogP contribution >= 0.6 is 0 Å². The fourth-order valence-electron chi connectivity index (χ4n) is 3.40. The van der Waals surface area contributed by atoms with Crippen molar-refractivity contribution < 1.29 is 8.78 Å². The summed E-state index contributed by atoms with van der Waals surface area (Å²) in [4.78, 5) is 2.20. The summed E-state index contributed by atoms with van der Waals surface area (Å²) in [5.41, 5.74) is 5.52. The van der Waals surface area contributed by atoms with E-state index < -0.39 is 11.8 Å². The van der Waals surface area contributed by atoms with Gasteiger partial charge in [0.25, 0.3) is 0 Å². The Kier molecular flexibility index (Phi) is 5.26. The molecule has 2 rings (SSSR count). The number of piperidine rings is 1. The average molecular weight is 309 g/mol. The molecule has 0 aliphatic carbocycles. The van der Waals surface area contributed by atoms with Gasteiger partial charge in [-0.15, -0.1) is 0 Å². The summed E-state index contributed by atoms with van der Waals surface area (Å²) in [6.07, 6.45) is 2.15. The van der Waals surface area contributed by atoms with Crippen LogP contribution < -0.4 is 0 Å². The van der Waals surface area contributed by atoms with Crippen molar-refractivity contribution in [2.45, 2.75) is 59.3 Å². The monoisotopic (exact) mass is 309 g/mol. The summed E-state index contributed by atoms with van der Waals surface area (Å²) in [5.74, 6) is -2.58. The van der Waals surface area contributed by atoms with Gasteiger partial charge in [-0.25, -0.2) is 8.78 Å². The molecule has 0 bridgehead atoms. The molecule has 1 fully saturated rings. The van der Waals surface area contributed by atoms with Crippen molar-refractivity contribution in [2.75, 3.05) is 19.6 Å². The van der Waals surface area contributed by atoms with E-state index in [1.54, 1.807) is 6.92 Å². The molecule has 0 N–H and O–H groups in total. The van der Waals surface area contributed by atoms with Crippen LogP contribution in [0.2, 0.25) is 0 Å². The Morgan fingerprint density at radius 1 is 1.09 bits per heavy atom. The van der Waals surface area contributed by atoms with E-state index in [-0.39, 0.29) is 0 Å². The molecule has 1 nitrogen and oxygen atoms in total. The van der Waals surface area contributed by atoms with Crippen molar-refractivity contribution in [3.05, 3.63) is 34.4 Å². The van der Waals surface area contributed by atoms with Crippen molar-refractivity contribution in [2.24, 2.45) is 5.92 Å². The SMILES string of the molecule is Cc1cc(C)c(C2CCN(CC(C)C(C)(F)F)CC2)cc1C. The molecule has 1 aliphatic rings. The van der Waals surface area contributed by atoms with Crippen molar-refractivity contribution in [1.29, 1.82) is 0 Å². The van der Waals surface area contributed by atoms with Gasteiger partial charge in [0.15, 0.2) is 0 Å². The van der Waals surface area contributed by atoms with Gasteiger partial charge < -0.3 is 4.90 Å². The standard InChI is InChI=1S/C19H29F2N/c1-13-10-15(3)18(11-14(13)2)17-6-8-22(9-7-17)12-16(4)19(5,20)21/h10-11,16-17H,6-9,12H2,1-5H3. The van der Waals surface area contributed by atoms with Crippen LogP contribution in [0.15, 0.2) is 12.1 Å². The van der Waals surface area contributed by atoms with Crippen LogP contribution in [0.5, 0.6) is 0 Å². The Bertz CT molecular complexity index is 511. The Labute approximate surface area is 133 Å². The summed E-state index contributed by atoms with van der Waals surface area (Å²) < 4.78 is 26.6. The van der Waals surface area contributed by atoms with Crippen LogP contribution in [0, 0.1) is 26.7 Å². The topological polar surface area (TPSA) is 3.24 Å². The highest BCUT2D eigenvalue weighted by Gasteiger charge is 2.32. The molecule has 1 aliphatic heterocycles. The zero-order valence-corrected chi connectivity index (χ0v) is 14.5. The molecule has 22 heavy (non-hydrogen) atoms. The number of aryl methyl sites for hydroxylation is 3. The quantitative estimate of drug-likeness (QED) is 0.749. The third-order valence-electron chi connectivity index (χ3n) is 5.31. The third kappa shape index (κ3) is 4.07. The Morgan fingerprint density at radius 2 is 1.64 bits per heavy atom. The first-order chi connectivity index (χ1) is 10.2. The van der Waals surface area contributed by atoms with Gasteiger partial charge in [0.1, 0.15) is 0 Å². The number of halogens is 2. The summed E-state index contributed by atoms with van der Waals surface area (Å²) in [7, 11) is 0. The zero-order valence-electron chi connectivity index (χ0n) is 14.5. The molecule has 0 saturated carbocycles. The third-order valence-corrected chi connectivity index (χ3v) is 5.31. The van der Waals surface area contributed by atoms with E-state index in [9.17, 15) is 8.78 Å². The van der Waals surface area contributed by atoms with Gasteiger partial charge in [0, 0.05) is 12.5 Å². The maximum absolute atomic E-state index is 13.3. The number of nitrogens with zero attached hydrogens (tertiary/aromatic N) is 1. The van der Waals surface area contributed by atoms with Gasteiger partial charge in [-0.05, 0) is 81.8 Å². The fourth-order valence-corrected chi connectivity index (χ4v) is 3.40. The summed E-state index contributed by atoms with van der Waals surface area (Å²) >= 11 is 0. The first kappa shape index (κ1) is 17.4. The van der Waals surface area contributed by atoms with Gasteiger partial charge in [-0.1, -0.05) is 19.1 Å². The number of benzene rings is 1. The Morgan fingerprint density at radius 3 is 2.18 bits per heavy atom. The molecule has 0 radical (unpaired) electrons. The molecular weight excluding hydrogens is 280 g/mol. The highest BCUT2D eigenvalue weighted by Crippen LogP contribution is 2.33. The minimum Gasteiger partial charge on any atom is -0.303 e. The summed E-state index contributed by atoms with van der Waals surface area (Å²) in [6.45, 7) is 11.5. The van der Waals surface area contributed by atoms with Gasteiger partial charge in [-0.2, -0.15) is 0 Å². The summed E-state index contributed by atoms with van der Waals surface area (Å²) in [6, 6.07) is 4.60. The molecule has 1 aromatic carbocycles. The molecule has 124 valence electrons. The lowest BCUT2D eigenvalue weighted by molar-refractivity contribution is -0.0458. The van der Waals surface area contributed by atoms with Gasteiger partial charge in [-0.3, -0.25) is 0 Å². The molecule has 0 amide bonds. The average Bonchev–Trinajstić information content (AvgIpc) is 2.43. The predicted molar refractivity (Wildman–Crippen MR) is 88.9 cm³/mol. The molecule has 1 aromatic rings. The van der Waals surface area contributed by atoms with Crippen LogP contribution in [0.1, 0.15) is 54.9 Å². The highest BCUT2D eigenvalue weighted by atomic mass is 19.3. The molecule has 1 saturated heterocycles. The van der Waals surface area contributed by atoms with E-state index >= 15 is 0 Å². The molecular formula is C19H29F2N. The number of rotatable bonds is 4. The van der Waals surface area contributed by atoms with Gasteiger partial charge >= 0.3 is 0 Å². The summed E-state index contributed by atoms with van der Waals surface area (Å²) in [5, 5.41) is 0. The fraction of sp³-hybridized carbons (Fsp3) is 0.684. The van der Waals surface area contributed by atoms with Crippen molar-refractivity contribution in [1.82, 2.24) is 4.90 Å².